The van der Waals surface area contributed by atoms with E-state index in [0.29, 0.717) is 5.94 Å². The molecule has 0 radical (unpaired) electrons. The van der Waals surface area contributed by atoms with Crippen LogP contribution in [0.1, 0.15) is 17.2 Å². The van der Waals surface area contributed by atoms with E-state index in [4.69, 9.17) is 9.47 Å². The minimum Gasteiger partial charge on any atom is -0.453 e. The summed E-state index contributed by atoms with van der Waals surface area (Å²) in [4.78, 5) is 11.6. The molecule has 0 saturated heterocycles. The maximum Gasteiger partial charge on any atom is 0.332 e. The van der Waals surface area contributed by atoms with Gasteiger partial charge in [0.15, 0.2) is 0 Å². The topological polar surface area (TPSA) is 35.5 Å². The number of thioether (sulfide) groups is 1. The van der Waals surface area contributed by atoms with Crippen LogP contribution in [0.3, 0.4) is 0 Å². The largest absolute Gasteiger partial charge is 0.453 e. The summed E-state index contributed by atoms with van der Waals surface area (Å²) in [5, 5.41) is 0. The first-order chi connectivity index (χ1) is 10.3. The molecule has 0 bridgehead atoms. The summed E-state index contributed by atoms with van der Waals surface area (Å²) in [6, 6.07) is 19.7. The predicted molar refractivity (Wildman–Crippen MR) is 85.2 cm³/mol. The lowest BCUT2D eigenvalue weighted by molar-refractivity contribution is -0.148. The van der Waals surface area contributed by atoms with E-state index in [1.54, 1.807) is 0 Å². The van der Waals surface area contributed by atoms with E-state index in [0.717, 1.165) is 11.1 Å². The third-order valence-electron chi connectivity index (χ3n) is 2.91. The van der Waals surface area contributed by atoms with E-state index in [1.807, 2.05) is 66.9 Å². The first kappa shape index (κ1) is 15.6. The molecule has 0 atom stereocenters. The quantitative estimate of drug-likeness (QED) is 0.577. The number of carbonyl (C=O) groups excluding carboxylic acids is 1. The van der Waals surface area contributed by atoms with E-state index < -0.39 is 0 Å². The van der Waals surface area contributed by atoms with Crippen LogP contribution in [0.5, 0.6) is 0 Å². The average molecular weight is 302 g/mol. The number of hydrogen-bond acceptors (Lipinski definition) is 4. The molecule has 0 aliphatic rings. The Morgan fingerprint density at radius 1 is 1.00 bits per heavy atom. The van der Waals surface area contributed by atoms with Crippen LogP contribution in [0.15, 0.2) is 60.7 Å². The van der Waals surface area contributed by atoms with Crippen molar-refractivity contribution < 1.29 is 14.3 Å². The van der Waals surface area contributed by atoms with Crippen LogP contribution >= 0.6 is 11.8 Å². The molecule has 3 nitrogen and oxygen atoms in total. The van der Waals surface area contributed by atoms with Crippen molar-refractivity contribution in [1.29, 1.82) is 0 Å². The first-order valence-corrected chi connectivity index (χ1v) is 8.06. The smallest absolute Gasteiger partial charge is 0.332 e. The van der Waals surface area contributed by atoms with Gasteiger partial charge in [-0.1, -0.05) is 60.7 Å². The van der Waals surface area contributed by atoms with E-state index in [1.165, 1.54) is 11.8 Å². The van der Waals surface area contributed by atoms with Gasteiger partial charge in [0.05, 0.1) is 0 Å². The number of hydrogen-bond donors (Lipinski definition) is 0. The fourth-order valence-corrected chi connectivity index (χ4v) is 2.21. The average Bonchev–Trinajstić information content (AvgIpc) is 2.55. The highest BCUT2D eigenvalue weighted by Gasteiger charge is 2.16. The van der Waals surface area contributed by atoms with Crippen molar-refractivity contribution in [3.63, 3.8) is 0 Å². The van der Waals surface area contributed by atoms with Gasteiger partial charge in [-0.3, -0.25) is 0 Å². The van der Waals surface area contributed by atoms with Gasteiger partial charge >= 0.3 is 5.97 Å². The predicted octanol–water partition coefficient (Wildman–Crippen LogP) is 3.66. The van der Waals surface area contributed by atoms with E-state index in [-0.39, 0.29) is 18.7 Å². The molecule has 0 spiro atoms. The summed E-state index contributed by atoms with van der Waals surface area (Å²) >= 11 is 1.46. The van der Waals surface area contributed by atoms with Crippen molar-refractivity contribution >= 4 is 17.7 Å². The zero-order valence-electron chi connectivity index (χ0n) is 11.9. The van der Waals surface area contributed by atoms with Crippen molar-refractivity contribution in [1.82, 2.24) is 0 Å². The standard InChI is InChI=1S/C17H18O3S/c1-21-13-20-16(18)12-19-17(14-8-4-2-5-9-14)15-10-6-3-7-11-15/h2-11,17H,12-13H2,1H3. The second-order valence-electron chi connectivity index (χ2n) is 4.44. The molecule has 0 aliphatic heterocycles. The van der Waals surface area contributed by atoms with Crippen molar-refractivity contribution in [3.8, 4) is 0 Å². The zero-order valence-corrected chi connectivity index (χ0v) is 12.7. The Morgan fingerprint density at radius 3 is 2.00 bits per heavy atom. The molecule has 0 aliphatic carbocycles. The van der Waals surface area contributed by atoms with Gasteiger partial charge in [-0.05, 0) is 17.4 Å². The molecule has 0 heterocycles. The number of carbonyl (C=O) groups is 1. The molecule has 0 aromatic heterocycles. The van der Waals surface area contributed by atoms with Crippen LogP contribution < -0.4 is 0 Å². The van der Waals surface area contributed by atoms with Gasteiger partial charge in [0, 0.05) is 0 Å². The van der Waals surface area contributed by atoms with Crippen LogP contribution in [0, 0.1) is 0 Å². The lowest BCUT2D eigenvalue weighted by Crippen LogP contribution is -2.16. The number of esters is 1. The van der Waals surface area contributed by atoms with E-state index >= 15 is 0 Å². The maximum absolute atomic E-state index is 11.6. The van der Waals surface area contributed by atoms with Gasteiger partial charge < -0.3 is 9.47 Å². The molecule has 21 heavy (non-hydrogen) atoms. The van der Waals surface area contributed by atoms with Crippen LogP contribution in [0.4, 0.5) is 0 Å². The van der Waals surface area contributed by atoms with Crippen LogP contribution in [0.2, 0.25) is 0 Å². The Kier molecular flexibility index (Phi) is 6.31. The normalized spacial score (nSPS) is 10.6. The van der Waals surface area contributed by atoms with Crippen LogP contribution in [-0.2, 0) is 14.3 Å². The molecular weight excluding hydrogens is 284 g/mol. The molecular formula is C17H18O3S. The minimum atomic E-state index is -0.346. The highest BCUT2D eigenvalue weighted by atomic mass is 32.2. The lowest BCUT2D eigenvalue weighted by Gasteiger charge is -2.18. The fraction of sp³-hybridized carbons (Fsp3) is 0.235. The first-order valence-electron chi connectivity index (χ1n) is 6.67. The number of rotatable bonds is 7. The van der Waals surface area contributed by atoms with Gasteiger partial charge in [-0.15, -0.1) is 11.8 Å². The lowest BCUT2D eigenvalue weighted by atomic mass is 10.0. The Balaban J connectivity index is 2.09. The number of benzene rings is 2. The summed E-state index contributed by atoms with van der Waals surface area (Å²) in [6.45, 7) is -0.0605. The Bertz CT molecular complexity index is 503. The van der Waals surface area contributed by atoms with E-state index in [2.05, 4.69) is 0 Å². The molecule has 0 N–H and O–H groups in total. The Morgan fingerprint density at radius 2 is 1.52 bits per heavy atom. The second kappa shape index (κ2) is 8.49. The molecule has 0 fully saturated rings. The summed E-state index contributed by atoms with van der Waals surface area (Å²) in [5.41, 5.74) is 2.03. The third-order valence-corrected chi connectivity index (χ3v) is 3.26. The van der Waals surface area contributed by atoms with Crippen molar-refractivity contribution in [2.45, 2.75) is 6.10 Å². The third kappa shape index (κ3) is 4.92. The van der Waals surface area contributed by atoms with Crippen molar-refractivity contribution in [2.24, 2.45) is 0 Å². The van der Waals surface area contributed by atoms with Crippen molar-refractivity contribution in [3.05, 3.63) is 71.8 Å². The highest BCUT2D eigenvalue weighted by Crippen LogP contribution is 2.25. The zero-order chi connectivity index (χ0) is 14.9. The number of ether oxygens (including phenoxy) is 2. The molecule has 0 amide bonds. The maximum atomic E-state index is 11.6. The molecule has 0 unspecified atom stereocenters. The molecule has 0 saturated carbocycles. The monoisotopic (exact) mass is 302 g/mol. The van der Waals surface area contributed by atoms with Gasteiger partial charge in [0.2, 0.25) is 0 Å². The Hall–Kier alpha value is -1.78. The van der Waals surface area contributed by atoms with Crippen LogP contribution in [0.25, 0.3) is 0 Å². The van der Waals surface area contributed by atoms with E-state index in [9.17, 15) is 4.79 Å². The molecule has 4 heteroatoms. The summed E-state index contributed by atoms with van der Waals surface area (Å²) in [6.07, 6.45) is 1.61. The summed E-state index contributed by atoms with van der Waals surface area (Å²) < 4.78 is 10.8. The van der Waals surface area contributed by atoms with Crippen molar-refractivity contribution in [2.75, 3.05) is 18.8 Å². The van der Waals surface area contributed by atoms with Gasteiger partial charge in [-0.2, -0.15) is 0 Å². The molecule has 2 aromatic carbocycles. The van der Waals surface area contributed by atoms with Gasteiger partial charge in [-0.25, -0.2) is 4.79 Å². The molecule has 2 rings (SSSR count). The highest BCUT2D eigenvalue weighted by molar-refractivity contribution is 7.98. The van der Waals surface area contributed by atoms with Crippen LogP contribution in [-0.4, -0.2) is 24.8 Å². The molecule has 110 valence electrons. The summed E-state index contributed by atoms with van der Waals surface area (Å²) in [5.74, 6) is 0.00463. The Labute approximate surface area is 129 Å². The molecule has 2 aromatic rings. The minimum absolute atomic E-state index is 0.0605. The van der Waals surface area contributed by atoms with Gasteiger partial charge in [0.25, 0.3) is 0 Å². The fourth-order valence-electron chi connectivity index (χ4n) is 1.96. The summed E-state index contributed by atoms with van der Waals surface area (Å²) in [7, 11) is 0. The van der Waals surface area contributed by atoms with Gasteiger partial charge in [0.1, 0.15) is 18.6 Å². The SMILES string of the molecule is CSCOC(=O)COC(c1ccccc1)c1ccccc1. The second-order valence-corrected chi connectivity index (χ2v) is 5.25.